The Kier molecular flexibility index (Phi) is 2.92. The van der Waals surface area contributed by atoms with Crippen molar-refractivity contribution in [3.8, 4) is 0 Å². The number of aliphatic hydroxyl groups excluding tert-OH is 1. The standard InChI is InChI=1S/C13H21N3O/c1-15-9-14-12-7-16(6-10-3-2-4-10)11(8-17)5-13(12)15/h9-11,17H,2-8H2,1H3. The summed E-state index contributed by atoms with van der Waals surface area (Å²) in [7, 11) is 2.04. The summed E-state index contributed by atoms with van der Waals surface area (Å²) in [4.78, 5) is 6.90. The summed E-state index contributed by atoms with van der Waals surface area (Å²) in [5.41, 5.74) is 2.51. The van der Waals surface area contributed by atoms with Crippen LogP contribution in [0.5, 0.6) is 0 Å². The molecule has 3 rings (SSSR count). The minimum Gasteiger partial charge on any atom is -0.395 e. The van der Waals surface area contributed by atoms with Crippen molar-refractivity contribution in [2.75, 3.05) is 13.2 Å². The minimum absolute atomic E-state index is 0.261. The summed E-state index contributed by atoms with van der Waals surface area (Å²) < 4.78 is 2.10. The van der Waals surface area contributed by atoms with E-state index >= 15 is 0 Å². The molecule has 1 unspecified atom stereocenters. The van der Waals surface area contributed by atoms with Crippen molar-refractivity contribution in [2.24, 2.45) is 13.0 Å². The van der Waals surface area contributed by atoms with Gasteiger partial charge in [0.1, 0.15) is 0 Å². The van der Waals surface area contributed by atoms with Gasteiger partial charge in [0, 0.05) is 38.3 Å². The van der Waals surface area contributed by atoms with Crippen LogP contribution in [0.2, 0.25) is 0 Å². The third kappa shape index (κ3) is 2.00. The molecule has 2 aliphatic rings. The molecule has 0 amide bonds. The van der Waals surface area contributed by atoms with Crippen LogP contribution in [0.15, 0.2) is 6.33 Å². The maximum Gasteiger partial charge on any atom is 0.0949 e. The van der Waals surface area contributed by atoms with Crippen LogP contribution in [-0.2, 0) is 20.0 Å². The first kappa shape index (κ1) is 11.2. The molecule has 1 N–H and O–H groups in total. The first-order chi connectivity index (χ1) is 8.28. The molecule has 4 nitrogen and oxygen atoms in total. The third-order valence-corrected chi connectivity index (χ3v) is 4.37. The van der Waals surface area contributed by atoms with E-state index in [9.17, 15) is 5.11 Å². The van der Waals surface area contributed by atoms with E-state index in [0.717, 1.165) is 25.4 Å². The average Bonchev–Trinajstić information content (AvgIpc) is 2.64. The van der Waals surface area contributed by atoms with Crippen LogP contribution in [0.25, 0.3) is 0 Å². The highest BCUT2D eigenvalue weighted by molar-refractivity contribution is 5.18. The highest BCUT2D eigenvalue weighted by atomic mass is 16.3. The third-order valence-electron chi connectivity index (χ3n) is 4.37. The molecule has 0 spiro atoms. The molecule has 0 radical (unpaired) electrons. The normalized spacial score (nSPS) is 25.6. The second-order valence-corrected chi connectivity index (χ2v) is 5.52. The molecule has 1 fully saturated rings. The van der Waals surface area contributed by atoms with Crippen molar-refractivity contribution in [2.45, 2.75) is 38.3 Å². The number of rotatable bonds is 3. The fourth-order valence-corrected chi connectivity index (χ4v) is 2.97. The molecule has 94 valence electrons. The summed E-state index contributed by atoms with van der Waals surface area (Å²) in [6.45, 7) is 2.32. The van der Waals surface area contributed by atoms with Crippen molar-refractivity contribution < 1.29 is 5.11 Å². The van der Waals surface area contributed by atoms with Gasteiger partial charge in [-0.2, -0.15) is 0 Å². The van der Waals surface area contributed by atoms with Crippen molar-refractivity contribution in [1.29, 1.82) is 0 Å². The second kappa shape index (κ2) is 4.42. The van der Waals surface area contributed by atoms with Gasteiger partial charge in [-0.3, -0.25) is 4.90 Å². The summed E-state index contributed by atoms with van der Waals surface area (Å²) >= 11 is 0. The predicted molar refractivity (Wildman–Crippen MR) is 65.5 cm³/mol. The van der Waals surface area contributed by atoms with Crippen LogP contribution in [0.1, 0.15) is 30.7 Å². The second-order valence-electron chi connectivity index (χ2n) is 5.52. The SMILES string of the molecule is Cn1cnc2c1CC(CO)N(CC1CCC1)C2. The highest BCUT2D eigenvalue weighted by Gasteiger charge is 2.31. The number of aryl methyl sites for hydroxylation is 1. The topological polar surface area (TPSA) is 41.3 Å². The Morgan fingerprint density at radius 1 is 1.47 bits per heavy atom. The van der Waals surface area contributed by atoms with E-state index in [0.29, 0.717) is 6.04 Å². The number of imidazole rings is 1. The lowest BCUT2D eigenvalue weighted by Crippen LogP contribution is -2.46. The zero-order valence-electron chi connectivity index (χ0n) is 10.5. The molecule has 4 heteroatoms. The highest BCUT2D eigenvalue weighted by Crippen LogP contribution is 2.30. The van der Waals surface area contributed by atoms with E-state index in [1.54, 1.807) is 0 Å². The molecule has 0 saturated heterocycles. The lowest BCUT2D eigenvalue weighted by atomic mass is 9.84. The molecule has 17 heavy (non-hydrogen) atoms. The summed E-state index contributed by atoms with van der Waals surface area (Å²) in [5.74, 6) is 0.856. The number of hydrogen-bond donors (Lipinski definition) is 1. The van der Waals surface area contributed by atoms with E-state index in [1.165, 1.54) is 30.7 Å². The van der Waals surface area contributed by atoms with Gasteiger partial charge in [0.05, 0.1) is 18.6 Å². The lowest BCUT2D eigenvalue weighted by Gasteiger charge is -2.39. The fourth-order valence-electron chi connectivity index (χ4n) is 2.97. The zero-order valence-corrected chi connectivity index (χ0v) is 10.5. The fraction of sp³-hybridized carbons (Fsp3) is 0.769. The van der Waals surface area contributed by atoms with Crippen molar-refractivity contribution in [1.82, 2.24) is 14.5 Å². The zero-order chi connectivity index (χ0) is 11.8. The Morgan fingerprint density at radius 3 is 2.94 bits per heavy atom. The van der Waals surface area contributed by atoms with E-state index < -0.39 is 0 Å². The summed E-state index contributed by atoms with van der Waals surface area (Å²) in [6, 6.07) is 0.290. The number of fused-ring (bicyclic) bond motifs is 1. The quantitative estimate of drug-likeness (QED) is 0.847. The average molecular weight is 235 g/mol. The summed E-state index contributed by atoms with van der Waals surface area (Å²) in [5, 5.41) is 9.55. The Balaban J connectivity index is 1.75. The molecule has 1 aromatic heterocycles. The molecular weight excluding hydrogens is 214 g/mol. The molecule has 0 aromatic carbocycles. The van der Waals surface area contributed by atoms with E-state index in [4.69, 9.17) is 0 Å². The van der Waals surface area contributed by atoms with E-state index in [-0.39, 0.29) is 6.61 Å². The molecule has 1 aliphatic heterocycles. The van der Waals surface area contributed by atoms with Crippen LogP contribution in [0.3, 0.4) is 0 Å². The molecule has 0 bridgehead atoms. The van der Waals surface area contributed by atoms with Crippen molar-refractivity contribution in [3.63, 3.8) is 0 Å². The van der Waals surface area contributed by atoms with Crippen LogP contribution in [0.4, 0.5) is 0 Å². The Labute approximate surface area is 102 Å². The van der Waals surface area contributed by atoms with Gasteiger partial charge in [0.25, 0.3) is 0 Å². The lowest BCUT2D eigenvalue weighted by molar-refractivity contribution is 0.0718. The van der Waals surface area contributed by atoms with Crippen LogP contribution < -0.4 is 0 Å². The largest absolute Gasteiger partial charge is 0.395 e. The first-order valence-electron chi connectivity index (χ1n) is 6.62. The van der Waals surface area contributed by atoms with Crippen molar-refractivity contribution >= 4 is 0 Å². The van der Waals surface area contributed by atoms with Gasteiger partial charge in [0.15, 0.2) is 0 Å². The van der Waals surface area contributed by atoms with E-state index in [1.807, 2.05) is 13.4 Å². The van der Waals surface area contributed by atoms with Gasteiger partial charge >= 0.3 is 0 Å². The molecule has 1 aliphatic carbocycles. The van der Waals surface area contributed by atoms with Crippen LogP contribution in [-0.4, -0.2) is 38.8 Å². The molecule has 2 heterocycles. The van der Waals surface area contributed by atoms with Gasteiger partial charge in [-0.15, -0.1) is 0 Å². The Hall–Kier alpha value is -0.870. The number of hydrogen-bond acceptors (Lipinski definition) is 3. The monoisotopic (exact) mass is 235 g/mol. The maximum absolute atomic E-state index is 9.55. The smallest absolute Gasteiger partial charge is 0.0949 e. The maximum atomic E-state index is 9.55. The van der Waals surface area contributed by atoms with Gasteiger partial charge in [0.2, 0.25) is 0 Å². The number of aromatic nitrogens is 2. The molecule has 1 aromatic rings. The summed E-state index contributed by atoms with van der Waals surface area (Å²) in [6.07, 6.45) is 6.95. The number of aliphatic hydroxyl groups is 1. The van der Waals surface area contributed by atoms with Crippen LogP contribution >= 0.6 is 0 Å². The van der Waals surface area contributed by atoms with Crippen LogP contribution in [0, 0.1) is 5.92 Å². The molecular formula is C13H21N3O. The van der Waals surface area contributed by atoms with E-state index in [2.05, 4.69) is 14.5 Å². The van der Waals surface area contributed by atoms with Gasteiger partial charge in [-0.05, 0) is 18.8 Å². The molecule has 1 atom stereocenters. The molecule has 1 saturated carbocycles. The predicted octanol–water partition coefficient (Wildman–Crippen LogP) is 0.939. The van der Waals surface area contributed by atoms with Gasteiger partial charge < -0.3 is 9.67 Å². The van der Waals surface area contributed by atoms with Gasteiger partial charge in [-0.1, -0.05) is 6.42 Å². The minimum atomic E-state index is 0.261. The number of nitrogens with zero attached hydrogens (tertiary/aromatic N) is 3. The Bertz CT molecular complexity index is 397. The van der Waals surface area contributed by atoms with Gasteiger partial charge in [-0.25, -0.2) is 4.98 Å². The Morgan fingerprint density at radius 2 is 2.29 bits per heavy atom. The van der Waals surface area contributed by atoms with Crippen molar-refractivity contribution in [3.05, 3.63) is 17.7 Å². The first-order valence-corrected chi connectivity index (χ1v) is 6.62.